The van der Waals surface area contributed by atoms with Crippen LogP contribution in [0.3, 0.4) is 0 Å². The smallest absolute Gasteiger partial charge is 0.170 e. The first-order valence-electron chi connectivity index (χ1n) is 11.4. The average Bonchev–Trinajstić information content (AvgIpc) is 3.23. The molecule has 0 amide bonds. The third-order valence-corrected chi connectivity index (χ3v) is 6.80. The molecule has 0 fully saturated rings. The van der Waals surface area contributed by atoms with Crippen molar-refractivity contribution in [1.29, 1.82) is 0 Å². The molecule has 0 aliphatic rings. The minimum Gasteiger partial charge on any atom is -0.494 e. The van der Waals surface area contributed by atoms with Gasteiger partial charge in [-0.3, -0.25) is 0 Å². The van der Waals surface area contributed by atoms with E-state index in [2.05, 4.69) is 50.0 Å². The standard InChI is InChI=1S/C26H34N4O2S/c1-18(2)25-24(28-19(3)33-25)20-10-14-23(15-11-20)32-17-7-5-6-16-30(4)22-12-8-21(9-13-22)26(27)29-31/h8-15,18,31H,5-7,16-17H2,1-4H3,(H2,27,29). The van der Waals surface area contributed by atoms with E-state index in [-0.39, 0.29) is 5.84 Å². The lowest BCUT2D eigenvalue weighted by atomic mass is 10.1. The molecule has 33 heavy (non-hydrogen) atoms. The van der Waals surface area contributed by atoms with E-state index < -0.39 is 0 Å². The molecule has 0 aliphatic carbocycles. The van der Waals surface area contributed by atoms with Gasteiger partial charge in [-0.05, 0) is 80.6 Å². The van der Waals surface area contributed by atoms with Gasteiger partial charge in [0.1, 0.15) is 5.75 Å². The Balaban J connectivity index is 1.39. The number of hydrogen-bond donors (Lipinski definition) is 2. The summed E-state index contributed by atoms with van der Waals surface area (Å²) in [5, 5.41) is 12.9. The Kier molecular flexibility index (Phi) is 8.72. The molecule has 0 saturated heterocycles. The first-order chi connectivity index (χ1) is 15.9. The fourth-order valence-electron chi connectivity index (χ4n) is 3.64. The van der Waals surface area contributed by atoms with E-state index >= 15 is 0 Å². The number of nitrogens with two attached hydrogens (primary N) is 1. The number of nitrogens with zero attached hydrogens (tertiary/aromatic N) is 3. The number of hydrogen-bond acceptors (Lipinski definition) is 6. The van der Waals surface area contributed by atoms with E-state index in [0.717, 1.165) is 53.5 Å². The Morgan fingerprint density at radius 1 is 1.09 bits per heavy atom. The number of unbranched alkanes of at least 4 members (excludes halogenated alkanes) is 2. The summed E-state index contributed by atoms with van der Waals surface area (Å²) < 4.78 is 5.94. The molecule has 0 bridgehead atoms. The minimum atomic E-state index is 0.123. The summed E-state index contributed by atoms with van der Waals surface area (Å²) in [7, 11) is 2.07. The van der Waals surface area contributed by atoms with Crippen molar-refractivity contribution in [3.05, 3.63) is 64.0 Å². The zero-order valence-electron chi connectivity index (χ0n) is 19.9. The predicted octanol–water partition coefficient (Wildman–Crippen LogP) is 6.02. The molecule has 3 aromatic rings. The first kappa shape index (κ1) is 24.6. The van der Waals surface area contributed by atoms with E-state index in [1.165, 1.54) is 4.88 Å². The molecule has 176 valence electrons. The first-order valence-corrected chi connectivity index (χ1v) is 12.2. The Bertz CT molecular complexity index is 1040. The van der Waals surface area contributed by atoms with Crippen molar-refractivity contribution >= 4 is 22.9 Å². The van der Waals surface area contributed by atoms with Crippen LogP contribution in [0.5, 0.6) is 5.75 Å². The summed E-state index contributed by atoms with van der Waals surface area (Å²) in [5.74, 6) is 1.50. The normalized spacial score (nSPS) is 11.7. The average molecular weight is 467 g/mol. The number of amidine groups is 1. The van der Waals surface area contributed by atoms with Crippen molar-refractivity contribution in [2.45, 2.75) is 46.0 Å². The molecule has 1 heterocycles. The molecule has 7 heteroatoms. The summed E-state index contributed by atoms with van der Waals surface area (Å²) in [6.07, 6.45) is 3.20. The lowest BCUT2D eigenvalue weighted by Crippen LogP contribution is -2.19. The van der Waals surface area contributed by atoms with Crippen LogP contribution in [0, 0.1) is 6.92 Å². The van der Waals surface area contributed by atoms with Gasteiger partial charge in [0.25, 0.3) is 0 Å². The zero-order chi connectivity index (χ0) is 23.8. The minimum absolute atomic E-state index is 0.123. The van der Waals surface area contributed by atoms with E-state index in [1.54, 1.807) is 11.3 Å². The second-order valence-electron chi connectivity index (χ2n) is 8.49. The van der Waals surface area contributed by atoms with Crippen molar-refractivity contribution in [2.75, 3.05) is 25.1 Å². The highest BCUT2D eigenvalue weighted by atomic mass is 32.1. The van der Waals surface area contributed by atoms with Gasteiger partial charge >= 0.3 is 0 Å². The highest BCUT2D eigenvalue weighted by Crippen LogP contribution is 2.34. The second kappa shape index (κ2) is 11.7. The topological polar surface area (TPSA) is 84.0 Å². The maximum absolute atomic E-state index is 8.75. The van der Waals surface area contributed by atoms with Gasteiger partial charge in [0.05, 0.1) is 17.3 Å². The summed E-state index contributed by atoms with van der Waals surface area (Å²) in [6.45, 7) is 8.17. The molecule has 0 saturated carbocycles. The fraction of sp³-hybridized carbons (Fsp3) is 0.385. The number of ether oxygens (including phenoxy) is 1. The van der Waals surface area contributed by atoms with Crippen LogP contribution < -0.4 is 15.4 Å². The second-order valence-corrected chi connectivity index (χ2v) is 9.72. The monoisotopic (exact) mass is 466 g/mol. The van der Waals surface area contributed by atoms with Gasteiger partial charge in [-0.1, -0.05) is 19.0 Å². The van der Waals surface area contributed by atoms with E-state index in [9.17, 15) is 0 Å². The highest BCUT2D eigenvalue weighted by Gasteiger charge is 2.14. The highest BCUT2D eigenvalue weighted by molar-refractivity contribution is 7.12. The number of aryl methyl sites for hydroxylation is 1. The number of thiazole rings is 1. The maximum Gasteiger partial charge on any atom is 0.170 e. The summed E-state index contributed by atoms with van der Waals surface area (Å²) in [6, 6.07) is 16.0. The van der Waals surface area contributed by atoms with Gasteiger partial charge < -0.3 is 20.6 Å². The van der Waals surface area contributed by atoms with Crippen LogP contribution in [0.25, 0.3) is 11.3 Å². The Labute approximate surface area is 200 Å². The lowest BCUT2D eigenvalue weighted by molar-refractivity contribution is 0.305. The van der Waals surface area contributed by atoms with Crippen molar-refractivity contribution in [2.24, 2.45) is 10.9 Å². The number of benzene rings is 2. The molecule has 0 aliphatic heterocycles. The molecular weight excluding hydrogens is 432 g/mol. The predicted molar refractivity (Wildman–Crippen MR) is 138 cm³/mol. The third kappa shape index (κ3) is 6.71. The van der Waals surface area contributed by atoms with Crippen LogP contribution >= 0.6 is 11.3 Å². The third-order valence-electron chi connectivity index (χ3n) is 5.53. The summed E-state index contributed by atoms with van der Waals surface area (Å²) in [5.41, 5.74) is 9.68. The van der Waals surface area contributed by atoms with Crippen molar-refractivity contribution in [3.63, 3.8) is 0 Å². The van der Waals surface area contributed by atoms with Crippen molar-refractivity contribution in [1.82, 2.24) is 4.98 Å². The van der Waals surface area contributed by atoms with Crippen LogP contribution in [0.15, 0.2) is 53.7 Å². The van der Waals surface area contributed by atoms with E-state index in [0.29, 0.717) is 18.1 Å². The van der Waals surface area contributed by atoms with E-state index in [1.807, 2.05) is 36.4 Å². The van der Waals surface area contributed by atoms with Gasteiger partial charge in [0.15, 0.2) is 5.84 Å². The number of rotatable bonds is 11. The molecule has 0 unspecified atom stereocenters. The molecule has 0 atom stereocenters. The Hall–Kier alpha value is -3.06. The van der Waals surface area contributed by atoms with Gasteiger partial charge in [0.2, 0.25) is 0 Å². The van der Waals surface area contributed by atoms with Crippen LogP contribution in [0.2, 0.25) is 0 Å². The molecule has 6 nitrogen and oxygen atoms in total. The Morgan fingerprint density at radius 3 is 2.42 bits per heavy atom. The van der Waals surface area contributed by atoms with Gasteiger partial charge in [-0.2, -0.15) is 0 Å². The molecule has 3 N–H and O–H groups in total. The van der Waals surface area contributed by atoms with Crippen molar-refractivity contribution < 1.29 is 9.94 Å². The Morgan fingerprint density at radius 2 is 1.79 bits per heavy atom. The van der Waals surface area contributed by atoms with Crippen molar-refractivity contribution in [3.8, 4) is 17.0 Å². The van der Waals surface area contributed by atoms with Gasteiger partial charge in [-0.25, -0.2) is 4.98 Å². The summed E-state index contributed by atoms with van der Waals surface area (Å²) >= 11 is 1.78. The molecule has 1 aromatic heterocycles. The number of oxime groups is 1. The molecule has 0 radical (unpaired) electrons. The molecule has 0 spiro atoms. The molecule has 2 aromatic carbocycles. The fourth-order valence-corrected chi connectivity index (χ4v) is 4.59. The summed E-state index contributed by atoms with van der Waals surface area (Å²) in [4.78, 5) is 8.28. The molecular formula is C26H34N4O2S. The maximum atomic E-state index is 8.75. The molecule has 3 rings (SSSR count). The van der Waals surface area contributed by atoms with Crippen LogP contribution in [-0.4, -0.2) is 36.2 Å². The quantitative estimate of drug-likeness (QED) is 0.119. The van der Waals surface area contributed by atoms with Crippen LogP contribution in [0.1, 0.15) is 54.5 Å². The van der Waals surface area contributed by atoms with Gasteiger partial charge in [0, 0.05) is 35.3 Å². The number of anilines is 1. The number of aromatic nitrogens is 1. The lowest BCUT2D eigenvalue weighted by Gasteiger charge is -2.19. The van der Waals surface area contributed by atoms with Crippen LogP contribution in [-0.2, 0) is 0 Å². The largest absolute Gasteiger partial charge is 0.494 e. The SMILES string of the molecule is Cc1nc(-c2ccc(OCCCCCN(C)c3ccc(/C(N)=N\O)cc3)cc2)c(C(C)C)s1. The van der Waals surface area contributed by atoms with E-state index in [4.69, 9.17) is 20.7 Å². The van der Waals surface area contributed by atoms with Gasteiger partial charge in [-0.15, -0.1) is 11.3 Å². The zero-order valence-corrected chi connectivity index (χ0v) is 20.7. The van der Waals surface area contributed by atoms with Crippen LogP contribution in [0.4, 0.5) is 5.69 Å².